The molecule has 2 rings (SSSR count). The van der Waals surface area contributed by atoms with Gasteiger partial charge in [-0.25, -0.2) is 0 Å². The lowest BCUT2D eigenvalue weighted by molar-refractivity contribution is -0.0772. The molecule has 6 nitrogen and oxygen atoms in total. The van der Waals surface area contributed by atoms with Crippen molar-refractivity contribution in [1.29, 1.82) is 0 Å². The van der Waals surface area contributed by atoms with Crippen LogP contribution < -0.4 is 5.32 Å². The Morgan fingerprint density at radius 3 is 2.48 bits per heavy atom. The molecule has 2 heterocycles. The molecule has 0 amide bonds. The number of nitrogens with one attached hydrogen (secondary N) is 1. The highest BCUT2D eigenvalue weighted by Gasteiger charge is 2.25. The van der Waals surface area contributed by atoms with Gasteiger partial charge in [-0.05, 0) is 40.5 Å². The summed E-state index contributed by atoms with van der Waals surface area (Å²) in [6.07, 6.45) is 2.50. The predicted octanol–water partition coefficient (Wildman–Crippen LogP) is 2.18. The first-order chi connectivity index (χ1) is 11.4. The van der Waals surface area contributed by atoms with E-state index in [1.165, 1.54) is 0 Å². The molecule has 25 heavy (non-hydrogen) atoms. The quantitative estimate of drug-likeness (QED) is 0.390. The molecule has 0 radical (unpaired) electrons. The number of morpholine rings is 1. The van der Waals surface area contributed by atoms with Crippen molar-refractivity contribution in [2.45, 2.75) is 58.3 Å². The van der Waals surface area contributed by atoms with Crippen molar-refractivity contribution in [2.75, 3.05) is 53.0 Å². The lowest BCUT2D eigenvalue weighted by atomic mass is 10.1. The summed E-state index contributed by atoms with van der Waals surface area (Å²) >= 11 is 0. The van der Waals surface area contributed by atoms with Crippen LogP contribution in [0.25, 0.3) is 0 Å². The summed E-state index contributed by atoms with van der Waals surface area (Å²) in [7, 11) is 1.87. The molecule has 1 unspecified atom stereocenters. The maximum absolute atomic E-state index is 6.11. The molecule has 0 aromatic heterocycles. The van der Waals surface area contributed by atoms with E-state index in [4.69, 9.17) is 9.47 Å². The largest absolute Gasteiger partial charge is 0.379 e. The first kappa shape index (κ1) is 22.9. The van der Waals surface area contributed by atoms with E-state index in [0.29, 0.717) is 12.1 Å². The van der Waals surface area contributed by atoms with Crippen LogP contribution in [0.4, 0.5) is 0 Å². The van der Waals surface area contributed by atoms with Crippen LogP contribution >= 0.6 is 24.0 Å². The van der Waals surface area contributed by atoms with Gasteiger partial charge in [-0.2, -0.15) is 0 Å². The second-order valence-corrected chi connectivity index (χ2v) is 7.85. The van der Waals surface area contributed by atoms with Crippen LogP contribution in [0.2, 0.25) is 0 Å². The fourth-order valence-corrected chi connectivity index (χ4v) is 3.42. The van der Waals surface area contributed by atoms with Gasteiger partial charge in [0.05, 0.1) is 24.9 Å². The van der Waals surface area contributed by atoms with Crippen molar-refractivity contribution in [3.63, 3.8) is 0 Å². The maximum atomic E-state index is 6.11. The lowest BCUT2D eigenvalue weighted by Crippen LogP contribution is -2.51. The van der Waals surface area contributed by atoms with Gasteiger partial charge in [-0.3, -0.25) is 9.89 Å². The van der Waals surface area contributed by atoms with Crippen molar-refractivity contribution in [3.8, 4) is 0 Å². The summed E-state index contributed by atoms with van der Waals surface area (Å²) in [5, 5.41) is 3.52. The van der Waals surface area contributed by atoms with Crippen molar-refractivity contribution < 1.29 is 9.47 Å². The number of ether oxygens (including phenoxy) is 2. The lowest BCUT2D eigenvalue weighted by Gasteiger charge is -2.37. The third-order valence-corrected chi connectivity index (χ3v) is 4.66. The number of hydrogen-bond acceptors (Lipinski definition) is 4. The molecule has 1 atom stereocenters. The number of piperidine rings is 1. The summed E-state index contributed by atoms with van der Waals surface area (Å²) in [4.78, 5) is 9.29. The minimum absolute atomic E-state index is 0. The van der Waals surface area contributed by atoms with Crippen LogP contribution in [0.3, 0.4) is 0 Å². The highest BCUT2D eigenvalue weighted by Crippen LogP contribution is 2.20. The van der Waals surface area contributed by atoms with Crippen LogP contribution in [0.5, 0.6) is 0 Å². The average molecular weight is 468 g/mol. The van der Waals surface area contributed by atoms with Crippen LogP contribution in [-0.2, 0) is 9.47 Å². The number of likely N-dealkylation sites (tertiary alicyclic amines) is 1. The van der Waals surface area contributed by atoms with Gasteiger partial charge in [-0.15, -0.1) is 24.0 Å². The van der Waals surface area contributed by atoms with E-state index in [1.54, 1.807) is 0 Å². The predicted molar refractivity (Wildman–Crippen MR) is 114 cm³/mol. The fourth-order valence-electron chi connectivity index (χ4n) is 3.42. The second kappa shape index (κ2) is 10.9. The van der Waals surface area contributed by atoms with E-state index >= 15 is 0 Å². The van der Waals surface area contributed by atoms with Gasteiger partial charge in [0.1, 0.15) is 0 Å². The van der Waals surface area contributed by atoms with Gasteiger partial charge >= 0.3 is 0 Å². The van der Waals surface area contributed by atoms with Crippen molar-refractivity contribution in [1.82, 2.24) is 15.1 Å². The monoisotopic (exact) mass is 468 g/mol. The van der Waals surface area contributed by atoms with Crippen molar-refractivity contribution >= 4 is 29.9 Å². The Morgan fingerprint density at radius 2 is 1.92 bits per heavy atom. The molecule has 2 saturated heterocycles. The number of nitrogens with zero attached hydrogens (tertiary/aromatic N) is 3. The summed E-state index contributed by atoms with van der Waals surface area (Å²) in [5.74, 6) is 1.02. The molecule has 0 aliphatic carbocycles. The molecule has 7 heteroatoms. The van der Waals surface area contributed by atoms with E-state index in [1.807, 2.05) is 7.05 Å². The molecule has 2 fully saturated rings. The minimum atomic E-state index is -0.0540. The van der Waals surface area contributed by atoms with E-state index in [2.05, 4.69) is 47.8 Å². The van der Waals surface area contributed by atoms with Crippen molar-refractivity contribution in [2.24, 2.45) is 4.99 Å². The topological polar surface area (TPSA) is 49.3 Å². The SMILES string of the molecule is CN=C(NCCN1CCOCC1C)N1CCC(OC(C)(C)C)CC1.I. The zero-order valence-electron chi connectivity index (χ0n) is 16.6. The Balaban J connectivity index is 0.00000312. The average Bonchev–Trinajstić information content (AvgIpc) is 2.53. The van der Waals surface area contributed by atoms with Crippen LogP contribution in [0.15, 0.2) is 4.99 Å². The molecular weight excluding hydrogens is 431 g/mol. The molecule has 0 saturated carbocycles. The van der Waals surface area contributed by atoms with Gasteiger partial charge in [0.2, 0.25) is 0 Å². The van der Waals surface area contributed by atoms with E-state index in [9.17, 15) is 0 Å². The van der Waals surface area contributed by atoms with E-state index in [-0.39, 0.29) is 29.6 Å². The van der Waals surface area contributed by atoms with Crippen LogP contribution in [0, 0.1) is 0 Å². The van der Waals surface area contributed by atoms with E-state index < -0.39 is 0 Å². The minimum Gasteiger partial charge on any atom is -0.379 e. The first-order valence-corrected chi connectivity index (χ1v) is 9.34. The number of rotatable bonds is 4. The normalized spacial score (nSPS) is 24.1. The summed E-state index contributed by atoms with van der Waals surface area (Å²) in [6, 6.07) is 0.507. The van der Waals surface area contributed by atoms with Gasteiger partial charge in [-0.1, -0.05) is 0 Å². The summed E-state index contributed by atoms with van der Waals surface area (Å²) in [5.41, 5.74) is -0.0540. The van der Waals surface area contributed by atoms with Gasteiger partial charge in [0.25, 0.3) is 0 Å². The zero-order chi connectivity index (χ0) is 17.6. The number of hydrogen-bond donors (Lipinski definition) is 1. The van der Waals surface area contributed by atoms with Crippen LogP contribution in [-0.4, -0.2) is 86.5 Å². The smallest absolute Gasteiger partial charge is 0.193 e. The Bertz CT molecular complexity index is 406. The third-order valence-electron chi connectivity index (χ3n) is 4.66. The molecular formula is C18H37IN4O2. The first-order valence-electron chi connectivity index (χ1n) is 9.34. The van der Waals surface area contributed by atoms with Crippen molar-refractivity contribution in [3.05, 3.63) is 0 Å². The Morgan fingerprint density at radius 1 is 1.24 bits per heavy atom. The second-order valence-electron chi connectivity index (χ2n) is 7.85. The maximum Gasteiger partial charge on any atom is 0.193 e. The summed E-state index contributed by atoms with van der Waals surface area (Å²) < 4.78 is 11.6. The molecule has 1 N–H and O–H groups in total. The molecule has 0 aromatic rings. The Kier molecular flexibility index (Phi) is 9.98. The highest BCUT2D eigenvalue weighted by atomic mass is 127. The molecule has 2 aliphatic heterocycles. The van der Waals surface area contributed by atoms with Gasteiger partial charge < -0.3 is 19.7 Å². The molecule has 0 aromatic carbocycles. The van der Waals surface area contributed by atoms with E-state index in [0.717, 1.165) is 64.7 Å². The highest BCUT2D eigenvalue weighted by molar-refractivity contribution is 14.0. The zero-order valence-corrected chi connectivity index (χ0v) is 18.9. The molecule has 0 bridgehead atoms. The molecule has 148 valence electrons. The Hall–Kier alpha value is -0.120. The fraction of sp³-hybridized carbons (Fsp3) is 0.944. The number of aliphatic imine (C=N–C) groups is 1. The molecule has 0 spiro atoms. The number of halogens is 1. The van der Waals surface area contributed by atoms with Gasteiger partial charge in [0.15, 0.2) is 5.96 Å². The summed E-state index contributed by atoms with van der Waals surface area (Å²) in [6.45, 7) is 15.3. The standard InChI is InChI=1S/C18H36N4O2.HI/c1-15-14-23-13-12-21(15)11-8-20-17(19-5)22-9-6-16(7-10-22)24-18(2,3)4;/h15-16H,6-14H2,1-5H3,(H,19,20);1H. The molecule has 2 aliphatic rings. The third kappa shape index (κ3) is 7.97. The number of guanidine groups is 1. The van der Waals surface area contributed by atoms with Crippen LogP contribution in [0.1, 0.15) is 40.5 Å². The Labute approximate surface area is 170 Å². The van der Waals surface area contributed by atoms with Gasteiger partial charge in [0, 0.05) is 45.8 Å².